The minimum absolute atomic E-state index is 0.121. The van der Waals surface area contributed by atoms with Crippen LogP contribution in [0, 0.1) is 0 Å². The van der Waals surface area contributed by atoms with Crippen molar-refractivity contribution in [1.82, 2.24) is 0 Å². The molecule has 0 aromatic heterocycles. The van der Waals surface area contributed by atoms with Crippen LogP contribution in [0.2, 0.25) is 0 Å². The summed E-state index contributed by atoms with van der Waals surface area (Å²) >= 11 is 0. The highest BCUT2D eigenvalue weighted by Crippen LogP contribution is 2.28. The molecule has 0 aliphatic carbocycles. The molecule has 0 radical (unpaired) electrons. The Morgan fingerprint density at radius 1 is 1.58 bits per heavy atom. The fraction of sp³-hybridized carbons (Fsp3) is 0.250. The van der Waals surface area contributed by atoms with E-state index < -0.39 is 0 Å². The molecule has 0 fully saturated rings. The summed E-state index contributed by atoms with van der Waals surface area (Å²) in [5.41, 5.74) is 3.17. The largest absolute Gasteiger partial charge is 0.504 e. The van der Waals surface area contributed by atoms with Crippen molar-refractivity contribution in [2.24, 2.45) is 5.84 Å². The van der Waals surface area contributed by atoms with Gasteiger partial charge in [-0.3, -0.25) is 5.84 Å². The molecule has 0 saturated carbocycles. The number of phenols is 1. The van der Waals surface area contributed by atoms with Gasteiger partial charge in [0.2, 0.25) is 0 Å². The number of benzene rings is 1. The lowest BCUT2D eigenvalue weighted by molar-refractivity contribution is 0.318. The minimum atomic E-state index is 0.121. The van der Waals surface area contributed by atoms with Crippen LogP contribution in [0.5, 0.6) is 11.5 Å². The highest BCUT2D eigenvalue weighted by molar-refractivity contribution is 5.53. The minimum Gasteiger partial charge on any atom is -0.504 e. The number of hydrazine groups is 1. The summed E-state index contributed by atoms with van der Waals surface area (Å²) in [6.45, 7) is 2.36. The molecule has 0 amide bonds. The first-order valence-electron chi connectivity index (χ1n) is 3.70. The van der Waals surface area contributed by atoms with E-state index in [0.717, 1.165) is 0 Å². The van der Waals surface area contributed by atoms with E-state index in [-0.39, 0.29) is 5.75 Å². The van der Waals surface area contributed by atoms with Crippen molar-refractivity contribution in [2.75, 3.05) is 12.0 Å². The van der Waals surface area contributed by atoms with E-state index in [1.54, 1.807) is 12.1 Å². The molecule has 66 valence electrons. The second-order valence-electron chi connectivity index (χ2n) is 2.26. The summed E-state index contributed by atoms with van der Waals surface area (Å²) in [7, 11) is 0. The molecule has 4 N–H and O–H groups in total. The summed E-state index contributed by atoms with van der Waals surface area (Å²) in [5.74, 6) is 5.74. The lowest BCUT2D eigenvalue weighted by Crippen LogP contribution is -2.06. The normalized spacial score (nSPS) is 9.50. The molecule has 1 rings (SSSR count). The van der Waals surface area contributed by atoms with Gasteiger partial charge in [-0.2, -0.15) is 0 Å². The fourth-order valence-electron chi connectivity index (χ4n) is 0.875. The molecule has 0 spiro atoms. The van der Waals surface area contributed by atoms with Crippen molar-refractivity contribution in [3.8, 4) is 11.5 Å². The summed E-state index contributed by atoms with van der Waals surface area (Å²) in [6.07, 6.45) is 0. The second-order valence-corrected chi connectivity index (χ2v) is 2.26. The van der Waals surface area contributed by atoms with E-state index in [2.05, 4.69) is 5.43 Å². The lowest BCUT2D eigenvalue weighted by atomic mass is 10.3. The molecule has 4 nitrogen and oxygen atoms in total. The number of nitrogens with one attached hydrogen (secondary N) is 1. The summed E-state index contributed by atoms with van der Waals surface area (Å²) < 4.78 is 5.13. The average molecular weight is 168 g/mol. The van der Waals surface area contributed by atoms with Gasteiger partial charge in [-0.05, 0) is 19.1 Å². The summed E-state index contributed by atoms with van der Waals surface area (Å²) in [6, 6.07) is 4.83. The van der Waals surface area contributed by atoms with E-state index in [4.69, 9.17) is 10.6 Å². The third kappa shape index (κ3) is 1.79. The quantitative estimate of drug-likeness (QED) is 0.359. The Morgan fingerprint density at radius 3 is 2.92 bits per heavy atom. The number of rotatable bonds is 3. The van der Waals surface area contributed by atoms with Gasteiger partial charge in [0.15, 0.2) is 11.5 Å². The Hall–Kier alpha value is -1.42. The van der Waals surface area contributed by atoms with E-state index in [0.29, 0.717) is 18.0 Å². The first kappa shape index (κ1) is 8.67. The number of ether oxygens (including phenoxy) is 1. The number of anilines is 1. The zero-order valence-corrected chi connectivity index (χ0v) is 6.87. The molecule has 0 heterocycles. The molecular weight excluding hydrogens is 156 g/mol. The maximum Gasteiger partial charge on any atom is 0.162 e. The number of phenolic OH excluding ortho intramolecular Hbond substituents is 1. The van der Waals surface area contributed by atoms with E-state index in [9.17, 15) is 5.11 Å². The maximum absolute atomic E-state index is 9.27. The van der Waals surface area contributed by atoms with Gasteiger partial charge in [-0.15, -0.1) is 0 Å². The van der Waals surface area contributed by atoms with Gasteiger partial charge in [0, 0.05) is 6.07 Å². The van der Waals surface area contributed by atoms with Crippen molar-refractivity contribution in [1.29, 1.82) is 0 Å². The van der Waals surface area contributed by atoms with Crippen molar-refractivity contribution < 1.29 is 9.84 Å². The Balaban J connectivity index is 2.91. The second kappa shape index (κ2) is 3.82. The molecule has 0 aliphatic heterocycles. The van der Waals surface area contributed by atoms with Crippen LogP contribution in [0.15, 0.2) is 18.2 Å². The van der Waals surface area contributed by atoms with Crippen LogP contribution in [0.1, 0.15) is 6.92 Å². The monoisotopic (exact) mass is 168 g/mol. The first-order valence-corrected chi connectivity index (χ1v) is 3.70. The number of hydrogen-bond donors (Lipinski definition) is 3. The molecule has 4 heteroatoms. The molecule has 1 aromatic rings. The van der Waals surface area contributed by atoms with Crippen molar-refractivity contribution >= 4 is 5.69 Å². The molecule has 0 bridgehead atoms. The van der Waals surface area contributed by atoms with Gasteiger partial charge in [0.1, 0.15) is 0 Å². The van der Waals surface area contributed by atoms with Crippen LogP contribution >= 0.6 is 0 Å². The Bertz CT molecular complexity index is 263. The zero-order chi connectivity index (χ0) is 8.97. The highest BCUT2D eigenvalue weighted by atomic mass is 16.5. The number of nitrogens with two attached hydrogens (primary N) is 1. The van der Waals surface area contributed by atoms with Gasteiger partial charge in [-0.1, -0.05) is 0 Å². The summed E-state index contributed by atoms with van der Waals surface area (Å²) in [4.78, 5) is 0. The van der Waals surface area contributed by atoms with E-state index >= 15 is 0 Å². The molecule has 0 saturated heterocycles. The third-order valence-corrected chi connectivity index (χ3v) is 1.43. The van der Waals surface area contributed by atoms with Gasteiger partial charge >= 0.3 is 0 Å². The number of aromatic hydroxyl groups is 1. The standard InChI is InChI=1S/C8H12N2O2/c1-2-12-8-5-6(10-9)3-4-7(8)11/h3-5,10-11H,2,9H2,1H3. The van der Waals surface area contributed by atoms with Crippen LogP contribution in [-0.4, -0.2) is 11.7 Å². The van der Waals surface area contributed by atoms with E-state index in [1.165, 1.54) is 6.07 Å². The lowest BCUT2D eigenvalue weighted by Gasteiger charge is -2.07. The third-order valence-electron chi connectivity index (χ3n) is 1.43. The molecule has 1 aromatic carbocycles. The molecular formula is C8H12N2O2. The predicted octanol–water partition coefficient (Wildman–Crippen LogP) is 1.08. The Labute approximate surface area is 70.9 Å². The van der Waals surface area contributed by atoms with Crippen molar-refractivity contribution in [3.63, 3.8) is 0 Å². The first-order chi connectivity index (χ1) is 5.77. The zero-order valence-electron chi connectivity index (χ0n) is 6.87. The Morgan fingerprint density at radius 2 is 2.33 bits per heavy atom. The number of hydrogen-bond acceptors (Lipinski definition) is 4. The highest BCUT2D eigenvalue weighted by Gasteiger charge is 2.01. The molecule has 0 atom stereocenters. The molecule has 0 aliphatic rings. The SMILES string of the molecule is CCOc1cc(NN)ccc1O. The Kier molecular flexibility index (Phi) is 2.76. The maximum atomic E-state index is 9.27. The van der Waals surface area contributed by atoms with Crippen LogP contribution in [-0.2, 0) is 0 Å². The van der Waals surface area contributed by atoms with Gasteiger partial charge < -0.3 is 15.3 Å². The predicted molar refractivity (Wildman–Crippen MR) is 47.1 cm³/mol. The van der Waals surface area contributed by atoms with Crippen molar-refractivity contribution in [3.05, 3.63) is 18.2 Å². The van der Waals surface area contributed by atoms with Crippen LogP contribution in [0.3, 0.4) is 0 Å². The van der Waals surface area contributed by atoms with Crippen molar-refractivity contribution in [2.45, 2.75) is 6.92 Å². The molecule has 12 heavy (non-hydrogen) atoms. The van der Waals surface area contributed by atoms with Crippen LogP contribution in [0.25, 0.3) is 0 Å². The van der Waals surface area contributed by atoms with Gasteiger partial charge in [0.05, 0.1) is 12.3 Å². The number of nitrogen functional groups attached to an aromatic ring is 1. The average Bonchev–Trinajstić information content (AvgIpc) is 2.09. The van der Waals surface area contributed by atoms with Gasteiger partial charge in [-0.25, -0.2) is 0 Å². The van der Waals surface area contributed by atoms with E-state index in [1.807, 2.05) is 6.92 Å². The van der Waals surface area contributed by atoms with Crippen LogP contribution in [0.4, 0.5) is 5.69 Å². The van der Waals surface area contributed by atoms with Crippen LogP contribution < -0.4 is 16.0 Å². The topological polar surface area (TPSA) is 67.5 Å². The fourth-order valence-corrected chi connectivity index (χ4v) is 0.875. The smallest absolute Gasteiger partial charge is 0.162 e. The van der Waals surface area contributed by atoms with Gasteiger partial charge in [0.25, 0.3) is 0 Å². The molecule has 0 unspecified atom stereocenters. The summed E-state index contributed by atoms with van der Waals surface area (Å²) in [5, 5.41) is 9.27.